The Morgan fingerprint density at radius 2 is 1.59 bits per heavy atom. The number of thiocarbonyl (C=S) groups is 1. The Morgan fingerprint density at radius 3 is 2.23 bits per heavy atom. The van der Waals surface area contributed by atoms with Gasteiger partial charge in [0.05, 0.1) is 11.6 Å². The molecule has 0 fully saturated rings. The first-order valence-corrected chi connectivity index (χ1v) is 7.82. The Labute approximate surface area is 137 Å². The summed E-state index contributed by atoms with van der Waals surface area (Å²) >= 11 is 5.03. The van der Waals surface area contributed by atoms with Gasteiger partial charge in [-0.2, -0.15) is 0 Å². The lowest BCUT2D eigenvalue weighted by molar-refractivity contribution is 0.184. The summed E-state index contributed by atoms with van der Waals surface area (Å²) in [5, 5.41) is 9.32. The van der Waals surface area contributed by atoms with Crippen molar-refractivity contribution >= 4 is 17.2 Å². The van der Waals surface area contributed by atoms with Gasteiger partial charge in [0.25, 0.3) is 0 Å². The van der Waals surface area contributed by atoms with Crippen molar-refractivity contribution < 1.29 is 5.11 Å². The van der Waals surface area contributed by atoms with E-state index in [1.54, 1.807) is 0 Å². The molecule has 2 aromatic rings. The van der Waals surface area contributed by atoms with Crippen LogP contribution in [0.3, 0.4) is 0 Å². The van der Waals surface area contributed by atoms with E-state index in [1.807, 2.05) is 30.3 Å². The smallest absolute Gasteiger partial charge is 0.0771 e. The van der Waals surface area contributed by atoms with Crippen LogP contribution in [-0.4, -0.2) is 28.1 Å². The van der Waals surface area contributed by atoms with Crippen molar-refractivity contribution in [2.24, 2.45) is 5.73 Å². The molecule has 0 atom stereocenters. The highest BCUT2D eigenvalue weighted by atomic mass is 32.1. The molecule has 0 unspecified atom stereocenters. The second kappa shape index (κ2) is 8.63. The number of nitrogens with zero attached hydrogens (tertiary/aromatic N) is 1. The second-order valence-electron chi connectivity index (χ2n) is 5.33. The van der Waals surface area contributed by atoms with E-state index in [9.17, 15) is 5.11 Å². The highest BCUT2D eigenvalue weighted by Crippen LogP contribution is 2.15. The van der Waals surface area contributed by atoms with E-state index in [-0.39, 0.29) is 6.61 Å². The maximum Gasteiger partial charge on any atom is 0.0771 e. The minimum atomic E-state index is 0.143. The lowest BCUT2D eigenvalue weighted by Gasteiger charge is -2.23. The van der Waals surface area contributed by atoms with Crippen molar-refractivity contribution in [1.29, 1.82) is 0 Å². The molecule has 0 heterocycles. The van der Waals surface area contributed by atoms with Gasteiger partial charge in [-0.1, -0.05) is 66.8 Å². The molecule has 0 bridgehead atoms. The number of nitrogens with two attached hydrogens (primary N) is 1. The number of hydrogen-bond acceptors (Lipinski definition) is 3. The van der Waals surface area contributed by atoms with Gasteiger partial charge in [0, 0.05) is 26.1 Å². The predicted octanol–water partition coefficient (Wildman–Crippen LogP) is 2.51. The Kier molecular flexibility index (Phi) is 6.52. The fraction of sp³-hybridized carbons (Fsp3) is 0.278. The van der Waals surface area contributed by atoms with E-state index in [4.69, 9.17) is 18.0 Å². The van der Waals surface area contributed by atoms with E-state index in [2.05, 4.69) is 29.2 Å². The average Bonchev–Trinajstić information content (AvgIpc) is 2.50. The van der Waals surface area contributed by atoms with Gasteiger partial charge in [-0.3, -0.25) is 4.90 Å². The third kappa shape index (κ3) is 5.22. The molecule has 116 valence electrons. The molecule has 0 aliphatic rings. The Morgan fingerprint density at radius 1 is 0.955 bits per heavy atom. The summed E-state index contributed by atoms with van der Waals surface area (Å²) in [5.74, 6) is 0. The number of benzene rings is 2. The lowest BCUT2D eigenvalue weighted by atomic mass is 10.0. The van der Waals surface area contributed by atoms with Crippen molar-refractivity contribution in [3.8, 4) is 0 Å². The van der Waals surface area contributed by atoms with Crippen molar-refractivity contribution in [3.05, 3.63) is 71.3 Å². The summed E-state index contributed by atoms with van der Waals surface area (Å²) in [6, 6.07) is 18.5. The highest BCUT2D eigenvalue weighted by molar-refractivity contribution is 7.80. The highest BCUT2D eigenvalue weighted by Gasteiger charge is 2.10. The summed E-state index contributed by atoms with van der Waals surface area (Å²) < 4.78 is 0. The normalized spacial score (nSPS) is 10.8. The molecule has 4 heteroatoms. The van der Waals surface area contributed by atoms with Crippen molar-refractivity contribution in [1.82, 2.24) is 4.90 Å². The van der Waals surface area contributed by atoms with Crippen molar-refractivity contribution in [2.75, 3.05) is 13.2 Å². The van der Waals surface area contributed by atoms with Gasteiger partial charge >= 0.3 is 0 Å². The first-order valence-electron chi connectivity index (χ1n) is 7.41. The fourth-order valence-electron chi connectivity index (χ4n) is 2.51. The zero-order chi connectivity index (χ0) is 15.8. The molecule has 0 radical (unpaired) electrons. The van der Waals surface area contributed by atoms with E-state index in [1.165, 1.54) is 11.1 Å². The third-order valence-corrected chi connectivity index (χ3v) is 3.69. The van der Waals surface area contributed by atoms with Crippen LogP contribution in [0.2, 0.25) is 0 Å². The van der Waals surface area contributed by atoms with Gasteiger partial charge in [-0.05, 0) is 16.7 Å². The van der Waals surface area contributed by atoms with Crippen LogP contribution in [0.1, 0.15) is 16.7 Å². The Balaban J connectivity index is 2.12. The van der Waals surface area contributed by atoms with Crippen LogP contribution in [0.25, 0.3) is 0 Å². The topological polar surface area (TPSA) is 49.5 Å². The Bertz CT molecular complexity index is 601. The quantitative estimate of drug-likeness (QED) is 0.735. The fourth-order valence-corrected chi connectivity index (χ4v) is 2.67. The largest absolute Gasteiger partial charge is 0.395 e. The molecule has 2 rings (SSSR count). The van der Waals surface area contributed by atoms with Gasteiger partial charge in [0.1, 0.15) is 0 Å². The monoisotopic (exact) mass is 314 g/mol. The molecule has 0 amide bonds. The van der Waals surface area contributed by atoms with Crippen LogP contribution in [0.15, 0.2) is 54.6 Å². The Hall–Kier alpha value is -1.75. The van der Waals surface area contributed by atoms with Gasteiger partial charge in [0.15, 0.2) is 0 Å². The van der Waals surface area contributed by atoms with Crippen LogP contribution in [0.4, 0.5) is 0 Å². The van der Waals surface area contributed by atoms with Crippen LogP contribution in [0, 0.1) is 0 Å². The van der Waals surface area contributed by atoms with Crippen molar-refractivity contribution in [2.45, 2.75) is 19.5 Å². The molecule has 2 aromatic carbocycles. The van der Waals surface area contributed by atoms with Gasteiger partial charge in [-0.25, -0.2) is 0 Å². The predicted molar refractivity (Wildman–Crippen MR) is 94.6 cm³/mol. The van der Waals surface area contributed by atoms with Gasteiger partial charge in [0.2, 0.25) is 0 Å². The molecule has 3 N–H and O–H groups in total. The minimum Gasteiger partial charge on any atom is -0.395 e. The molecule has 0 spiro atoms. The van der Waals surface area contributed by atoms with Crippen LogP contribution in [0.5, 0.6) is 0 Å². The zero-order valence-electron chi connectivity index (χ0n) is 12.6. The number of aliphatic hydroxyl groups excluding tert-OH is 1. The lowest BCUT2D eigenvalue weighted by Crippen LogP contribution is -2.27. The number of aliphatic hydroxyl groups is 1. The third-order valence-electron chi connectivity index (χ3n) is 3.54. The van der Waals surface area contributed by atoms with Crippen LogP contribution < -0.4 is 5.73 Å². The molecule has 0 saturated carbocycles. The summed E-state index contributed by atoms with van der Waals surface area (Å²) in [5.41, 5.74) is 9.29. The molecule has 22 heavy (non-hydrogen) atoms. The van der Waals surface area contributed by atoms with Crippen LogP contribution in [-0.2, 0) is 19.5 Å². The summed E-state index contributed by atoms with van der Waals surface area (Å²) in [4.78, 5) is 2.73. The summed E-state index contributed by atoms with van der Waals surface area (Å²) in [7, 11) is 0. The SMILES string of the molecule is NC(=S)Cc1ccccc1CN(CCO)Cc1ccccc1. The van der Waals surface area contributed by atoms with E-state index in [0.29, 0.717) is 18.0 Å². The standard InChI is InChI=1S/C18H22N2OS/c19-18(22)12-16-8-4-5-9-17(16)14-20(10-11-21)13-15-6-2-1-3-7-15/h1-9,21H,10-14H2,(H2,19,22). The molecule has 0 saturated heterocycles. The molecular weight excluding hydrogens is 292 g/mol. The van der Waals surface area contributed by atoms with Crippen molar-refractivity contribution in [3.63, 3.8) is 0 Å². The summed E-state index contributed by atoms with van der Waals surface area (Å²) in [6.07, 6.45) is 0.615. The number of rotatable bonds is 8. The van der Waals surface area contributed by atoms with Gasteiger partial charge < -0.3 is 10.8 Å². The first-order chi connectivity index (χ1) is 10.7. The molecule has 0 aliphatic carbocycles. The average molecular weight is 314 g/mol. The van der Waals surface area contributed by atoms with E-state index in [0.717, 1.165) is 18.7 Å². The zero-order valence-corrected chi connectivity index (χ0v) is 13.4. The molecule has 3 nitrogen and oxygen atoms in total. The molecular formula is C18H22N2OS. The minimum absolute atomic E-state index is 0.143. The maximum atomic E-state index is 9.32. The van der Waals surface area contributed by atoms with E-state index < -0.39 is 0 Å². The molecule has 0 aromatic heterocycles. The summed E-state index contributed by atoms with van der Waals surface area (Å²) in [6.45, 7) is 2.36. The maximum absolute atomic E-state index is 9.32. The molecule has 0 aliphatic heterocycles. The van der Waals surface area contributed by atoms with E-state index >= 15 is 0 Å². The van der Waals surface area contributed by atoms with Crippen LogP contribution >= 0.6 is 12.2 Å². The number of hydrogen-bond donors (Lipinski definition) is 2. The van der Waals surface area contributed by atoms with Gasteiger partial charge in [-0.15, -0.1) is 0 Å². The first kappa shape index (κ1) is 16.6. The second-order valence-corrected chi connectivity index (χ2v) is 5.86.